The number of aryl methyl sites for hydroxylation is 2. The van der Waals surface area contributed by atoms with Gasteiger partial charge < -0.3 is 63.5 Å². The molecule has 10 aromatic carbocycles. The average molecular weight is 1900 g/mol. The number of allylic oxidation sites excluding steroid dienone is 1. The summed E-state index contributed by atoms with van der Waals surface area (Å²) in [6.07, 6.45) is 7.88. The van der Waals surface area contributed by atoms with Crippen LogP contribution in [0, 0.1) is 37.5 Å². The van der Waals surface area contributed by atoms with Crippen molar-refractivity contribution in [3.05, 3.63) is 390 Å². The predicted octanol–water partition coefficient (Wildman–Crippen LogP) is 21.0. The summed E-state index contributed by atoms with van der Waals surface area (Å²) in [6, 6.07) is 91.3. The number of carbonyl (C=O) groups excluding carboxylic acids is 7. The number of rotatable bonds is 23. The molecule has 3 N–H and O–H groups in total. The molecule has 0 saturated carbocycles. The summed E-state index contributed by atoms with van der Waals surface area (Å²) >= 11 is 24.2. The molecule has 7 amide bonds. The van der Waals surface area contributed by atoms with Crippen LogP contribution in [0.4, 0.5) is 0 Å². The summed E-state index contributed by atoms with van der Waals surface area (Å²) in [4.78, 5) is 102. The first-order chi connectivity index (χ1) is 66.1. The van der Waals surface area contributed by atoms with Crippen LogP contribution in [-0.2, 0) is 64.9 Å². The number of aromatic nitrogens is 4. The highest BCUT2D eigenvalue weighted by atomic mass is 35.5. The molecule has 0 radical (unpaired) electrons. The van der Waals surface area contributed by atoms with E-state index < -0.39 is 0 Å². The Hall–Kier alpha value is -13.0. The van der Waals surface area contributed by atoms with Crippen LogP contribution in [0.15, 0.2) is 298 Å². The van der Waals surface area contributed by atoms with Gasteiger partial charge in [-0.3, -0.25) is 33.6 Å². The smallest absolute Gasteiger partial charge is 0.270 e. The zero-order valence-electron chi connectivity index (χ0n) is 77.0. The van der Waals surface area contributed by atoms with E-state index in [9.17, 15) is 33.6 Å². The van der Waals surface area contributed by atoms with Gasteiger partial charge in [0.1, 0.15) is 22.8 Å². The summed E-state index contributed by atoms with van der Waals surface area (Å²) in [5, 5.41) is 15.1. The molecule has 0 aliphatic carbocycles. The zero-order valence-corrected chi connectivity index (χ0v) is 80.1. The normalized spacial score (nSPS) is 15.1. The maximum Gasteiger partial charge on any atom is 0.270 e. The Balaban J connectivity index is 0.000000132. The summed E-state index contributed by atoms with van der Waals surface area (Å²) in [5.41, 5.74) is 17.1. The average Bonchev–Trinajstić information content (AvgIpc) is 1.64. The first kappa shape index (κ1) is 96.2. The minimum atomic E-state index is -0.0706. The molecule has 5 fully saturated rings. The molecule has 24 heteroatoms. The Morgan fingerprint density at radius 1 is 0.301 bits per heavy atom. The summed E-state index contributed by atoms with van der Waals surface area (Å²) < 4.78 is 13.7. The van der Waals surface area contributed by atoms with Crippen molar-refractivity contribution in [2.75, 3.05) is 78.7 Å². The van der Waals surface area contributed by atoms with Crippen molar-refractivity contribution in [1.29, 1.82) is 0 Å². The van der Waals surface area contributed by atoms with Gasteiger partial charge in [0.05, 0.1) is 13.2 Å². The molecule has 5 aliphatic rings. The number of benzene rings is 10. The fraction of sp³-hybridized carbons (Fsp3) is 0.295. The van der Waals surface area contributed by atoms with E-state index in [1.165, 1.54) is 16.8 Å². The van der Waals surface area contributed by atoms with Crippen molar-refractivity contribution in [3.8, 4) is 0 Å². The van der Waals surface area contributed by atoms with Crippen LogP contribution in [0.3, 0.4) is 0 Å². The van der Waals surface area contributed by atoms with Crippen molar-refractivity contribution in [1.82, 2.24) is 58.7 Å². The van der Waals surface area contributed by atoms with Gasteiger partial charge in [0.15, 0.2) is 0 Å². The molecular formula is C112H116Cl4N12O8. The highest BCUT2D eigenvalue weighted by Crippen LogP contribution is 2.34. The minimum Gasteiger partial charge on any atom is -0.378 e. The number of likely N-dealkylation sites (tertiary alicyclic amines) is 4. The Bertz CT molecular complexity index is 6280. The van der Waals surface area contributed by atoms with Gasteiger partial charge in [-0.05, 0) is 201 Å². The molecule has 0 unspecified atom stereocenters. The van der Waals surface area contributed by atoms with Gasteiger partial charge in [0.2, 0.25) is 17.7 Å². The molecule has 5 saturated heterocycles. The molecule has 0 spiro atoms. The van der Waals surface area contributed by atoms with E-state index in [-0.39, 0.29) is 59.1 Å². The van der Waals surface area contributed by atoms with E-state index in [0.29, 0.717) is 167 Å². The lowest BCUT2D eigenvalue weighted by molar-refractivity contribution is -0.127. The third-order valence-electron chi connectivity index (χ3n) is 26.7. The Morgan fingerprint density at radius 2 is 0.603 bits per heavy atom. The zero-order chi connectivity index (χ0) is 94.6. The molecule has 700 valence electrons. The van der Waals surface area contributed by atoms with E-state index >= 15 is 0 Å². The van der Waals surface area contributed by atoms with Crippen LogP contribution >= 0.6 is 46.4 Å². The van der Waals surface area contributed by atoms with E-state index in [1.807, 2.05) is 299 Å². The number of nitrogens with one attached hydrogen (secondary N) is 3. The first-order valence-electron chi connectivity index (χ1n) is 47.2. The Labute approximate surface area is 815 Å². The molecule has 0 atom stereocenters. The van der Waals surface area contributed by atoms with Gasteiger partial charge in [0.25, 0.3) is 23.6 Å². The third kappa shape index (κ3) is 24.8. The largest absolute Gasteiger partial charge is 0.378 e. The summed E-state index contributed by atoms with van der Waals surface area (Å²) in [6.45, 7) is 20.9. The number of hydrogen-bond acceptors (Lipinski definition) is 9. The van der Waals surface area contributed by atoms with Crippen LogP contribution in [0.5, 0.6) is 0 Å². The van der Waals surface area contributed by atoms with Crippen LogP contribution in [0.2, 0.25) is 20.1 Å². The maximum absolute atomic E-state index is 13.6. The van der Waals surface area contributed by atoms with Gasteiger partial charge in [-0.2, -0.15) is 0 Å². The first-order valence-corrected chi connectivity index (χ1v) is 48.7. The lowest BCUT2D eigenvalue weighted by atomic mass is 9.93. The maximum atomic E-state index is 13.6. The lowest BCUT2D eigenvalue weighted by Gasteiger charge is -2.38. The second kappa shape index (κ2) is 46.1. The molecule has 19 rings (SSSR count). The number of ether oxygens (including phenoxy) is 1. The predicted molar refractivity (Wildman–Crippen MR) is 543 cm³/mol. The quantitative estimate of drug-likeness (QED) is 0.0557. The summed E-state index contributed by atoms with van der Waals surface area (Å²) in [5.74, 6) is 0.608. The summed E-state index contributed by atoms with van der Waals surface area (Å²) in [7, 11) is 0. The molecule has 14 aromatic rings. The standard InChI is InChI=1S/2C30H30ClN3O2.C27H30ClN3O2.C25H26ClN3O2/c2*1-21-5-4-6-23(17-21)19-32-29(35)24-13-15-33(16-14-24)30(36)28-18-25-7-2-3-8-27(25)34(28)20-22-9-11-26(31)12-10-22;1-20(29-14-16-33-17-15-29)22-10-12-30(13-11-22)27(32)26-18-23-4-2-3-5-25(23)31(26)19-21-6-8-24(28)9-7-21;26-22-10-8-20(9-11-22)18-29-14-4-7-23(29)25(31)28-15-12-21(13-16-28)24(30)27-17-19-5-2-1-3-6-19/h2*2-12,17-18,24H,13-16,19-20H2,1H3,(H,32,35);2-9,18,22H,1,10-17,19H2;1-11,14,21H,12-13,15-18H2,(H,27,30). The van der Waals surface area contributed by atoms with Gasteiger partial charge in [-0.1, -0.05) is 246 Å². The number of halogens is 4. The van der Waals surface area contributed by atoms with E-state index in [1.54, 1.807) is 0 Å². The highest BCUT2D eigenvalue weighted by Gasteiger charge is 2.35. The number of piperidine rings is 4. The van der Waals surface area contributed by atoms with Gasteiger partial charge >= 0.3 is 0 Å². The lowest BCUT2D eigenvalue weighted by Crippen LogP contribution is -2.43. The monoisotopic (exact) mass is 1900 g/mol. The molecule has 5 aliphatic heterocycles. The molecule has 0 bridgehead atoms. The number of fused-ring (bicyclic) bond motifs is 3. The van der Waals surface area contributed by atoms with Crippen LogP contribution in [0.1, 0.15) is 143 Å². The number of nitrogens with zero attached hydrogens (tertiary/aromatic N) is 9. The molecular weight excluding hydrogens is 1780 g/mol. The molecule has 4 aromatic heterocycles. The topological polar surface area (TPSA) is 201 Å². The minimum absolute atomic E-state index is 0.0128. The van der Waals surface area contributed by atoms with E-state index in [4.69, 9.17) is 51.1 Å². The fourth-order valence-electron chi connectivity index (χ4n) is 19.0. The van der Waals surface area contributed by atoms with Crippen LogP contribution < -0.4 is 16.0 Å². The highest BCUT2D eigenvalue weighted by molar-refractivity contribution is 6.31. The van der Waals surface area contributed by atoms with Crippen molar-refractivity contribution in [2.45, 2.75) is 111 Å². The number of amides is 7. The molecule has 136 heavy (non-hydrogen) atoms. The SMILES string of the molecule is C=C(C1CCN(C(=O)c2cc3ccccc3n2Cc2ccc(Cl)cc2)CC1)N1CCOCC1.Cc1cccc(CNC(=O)C2CCN(C(=O)c3cc4ccccc4n3Cc3ccc(Cl)cc3)CC2)c1.Cc1cccc(CNC(=O)C2CCN(C(=O)c3cc4ccccc4n3Cc3ccc(Cl)cc3)CC2)c1.O=C(NCc1ccccc1)C1CCN(C(=O)c2cccn2Cc2ccc(Cl)cc2)CC1. The second-order valence-electron chi connectivity index (χ2n) is 36.0. The number of carbonyl (C=O) groups is 7. The van der Waals surface area contributed by atoms with Gasteiger partial charge in [-0.15, -0.1) is 0 Å². The van der Waals surface area contributed by atoms with Crippen LogP contribution in [0.25, 0.3) is 32.7 Å². The van der Waals surface area contributed by atoms with Crippen molar-refractivity contribution < 1.29 is 38.3 Å². The Morgan fingerprint density at radius 3 is 0.949 bits per heavy atom. The second-order valence-corrected chi connectivity index (χ2v) is 37.8. The Kier molecular flexibility index (Phi) is 32.6. The van der Waals surface area contributed by atoms with Crippen LogP contribution in [-0.4, -0.2) is 163 Å². The van der Waals surface area contributed by atoms with Gasteiger partial charge in [0, 0.05) is 200 Å². The van der Waals surface area contributed by atoms with Crippen molar-refractivity contribution in [3.63, 3.8) is 0 Å². The molecule has 20 nitrogen and oxygen atoms in total. The van der Waals surface area contributed by atoms with Gasteiger partial charge in [-0.25, -0.2) is 0 Å². The molecule has 9 heterocycles. The fourth-order valence-corrected chi connectivity index (χ4v) is 19.5. The van der Waals surface area contributed by atoms with Crippen molar-refractivity contribution >= 4 is 120 Å². The third-order valence-corrected chi connectivity index (χ3v) is 27.7. The number of hydrogen-bond donors (Lipinski definition) is 3. The van der Waals surface area contributed by atoms with E-state index in [0.717, 1.165) is 130 Å². The number of morpholine rings is 1. The number of para-hydroxylation sites is 3. The van der Waals surface area contributed by atoms with E-state index in [2.05, 4.69) is 65.4 Å². The van der Waals surface area contributed by atoms with Crippen molar-refractivity contribution in [2.24, 2.45) is 23.7 Å².